The van der Waals surface area contributed by atoms with Crippen LogP contribution in [0.3, 0.4) is 0 Å². The van der Waals surface area contributed by atoms with E-state index < -0.39 is 8.07 Å². The molecule has 2 unspecified atom stereocenters. The highest BCUT2D eigenvalue weighted by atomic mass is 28.3. The van der Waals surface area contributed by atoms with Crippen LogP contribution in [0.25, 0.3) is 34.4 Å². The minimum Gasteiger partial charge on any atom is -0.0679 e. The summed E-state index contributed by atoms with van der Waals surface area (Å²) in [5.74, 6) is 1.25. The van der Waals surface area contributed by atoms with Gasteiger partial charge in [-0.25, -0.2) is 0 Å². The highest BCUT2D eigenvalue weighted by molar-refractivity contribution is 6.81. The number of hydrogen-bond donors (Lipinski definition) is 0. The van der Waals surface area contributed by atoms with Crippen LogP contribution in [0.5, 0.6) is 0 Å². The maximum absolute atomic E-state index is 2.80. The Balaban J connectivity index is 1.31. The van der Waals surface area contributed by atoms with Crippen LogP contribution in [0.4, 0.5) is 0 Å². The van der Waals surface area contributed by atoms with Crippen LogP contribution in [-0.4, -0.2) is 8.07 Å². The van der Waals surface area contributed by atoms with Crippen LogP contribution >= 0.6 is 0 Å². The van der Waals surface area contributed by atoms with E-state index in [-0.39, 0.29) is 10.8 Å². The van der Waals surface area contributed by atoms with Gasteiger partial charge in [-0.15, -0.1) is 0 Å². The highest BCUT2D eigenvalue weighted by Gasteiger charge is 2.50. The molecule has 4 aliphatic rings. The maximum Gasteiger partial charge on any atom is 0.0722 e. The van der Waals surface area contributed by atoms with Crippen molar-refractivity contribution < 1.29 is 0 Å². The molecule has 4 aromatic carbocycles. The molecule has 4 aliphatic carbocycles. The summed E-state index contributed by atoms with van der Waals surface area (Å²) in [5.41, 5.74) is 26.5. The summed E-state index contributed by atoms with van der Waals surface area (Å²) >= 11 is 0. The first-order valence-electron chi connectivity index (χ1n) is 21.9. The Kier molecular flexibility index (Phi) is 9.72. The van der Waals surface area contributed by atoms with Crippen LogP contribution in [0.2, 0.25) is 13.1 Å². The van der Waals surface area contributed by atoms with Crippen LogP contribution in [0.1, 0.15) is 162 Å². The van der Waals surface area contributed by atoms with Crippen LogP contribution in [-0.2, 0) is 36.5 Å². The Bertz CT molecular complexity index is 2030. The molecule has 0 aliphatic heterocycles. The molecule has 0 saturated carbocycles. The lowest BCUT2D eigenvalue weighted by molar-refractivity contribution is 0.590. The fraction of sp³-hybridized carbons (Fsp3) is 0.481. The minimum absolute atomic E-state index is 0.152. The maximum atomic E-state index is 2.80. The van der Waals surface area contributed by atoms with Crippen LogP contribution in [0, 0.1) is 11.8 Å². The van der Waals surface area contributed by atoms with E-state index in [1.807, 2.05) is 0 Å². The molecule has 0 radical (unpaired) electrons. The molecule has 0 N–H and O–H groups in total. The number of allylic oxidation sites excluding steroid dienone is 2. The predicted molar refractivity (Wildman–Crippen MR) is 243 cm³/mol. The van der Waals surface area contributed by atoms with Crippen molar-refractivity contribution >= 4 is 20.2 Å². The molecule has 0 fully saturated rings. The Morgan fingerprint density at radius 1 is 0.545 bits per heavy atom. The van der Waals surface area contributed by atoms with Crippen molar-refractivity contribution in [2.24, 2.45) is 11.8 Å². The molecule has 1 heteroatoms. The summed E-state index contributed by atoms with van der Waals surface area (Å²) < 4.78 is 0. The zero-order valence-electron chi connectivity index (χ0n) is 36.4. The minimum atomic E-state index is -2.12. The standard InChI is InChI=1S/C54H68Si/c1-33(2)27-39-31-45-47(29-37-15-13-17-43(37)49(45)35-19-23-41(24-20-35)53(5,6)7)51(39)55(11,12)52-40(28-34(3)4)32-46-48(52)30-38-16-14-18-44(38)50(46)36-21-25-42(26-22-36)54(8,9)10/h19-26,29-34,51-52H,13-18,27-28H2,1-12H3. The van der Waals surface area contributed by atoms with Crippen LogP contribution in [0.15, 0.2) is 71.8 Å². The summed E-state index contributed by atoms with van der Waals surface area (Å²) in [4.78, 5) is 0. The monoisotopic (exact) mass is 745 g/mol. The second-order valence-corrected chi connectivity index (χ2v) is 26.3. The molecule has 0 saturated heterocycles. The number of fused-ring (bicyclic) bond motifs is 4. The van der Waals surface area contributed by atoms with E-state index in [9.17, 15) is 0 Å². The molecular formula is C54H68Si. The van der Waals surface area contributed by atoms with Gasteiger partial charge in [-0.3, -0.25) is 0 Å². The lowest BCUT2D eigenvalue weighted by Crippen LogP contribution is -2.43. The molecule has 0 heterocycles. The van der Waals surface area contributed by atoms with E-state index >= 15 is 0 Å². The third-order valence-corrected chi connectivity index (χ3v) is 18.2. The van der Waals surface area contributed by atoms with Crippen molar-refractivity contribution in [2.75, 3.05) is 0 Å². The first-order valence-corrected chi connectivity index (χ1v) is 25.1. The van der Waals surface area contributed by atoms with Gasteiger partial charge in [0, 0.05) is 11.1 Å². The van der Waals surface area contributed by atoms with Crippen molar-refractivity contribution in [3.63, 3.8) is 0 Å². The van der Waals surface area contributed by atoms with E-state index in [4.69, 9.17) is 0 Å². The molecule has 0 bridgehead atoms. The first-order chi connectivity index (χ1) is 25.9. The van der Waals surface area contributed by atoms with Crippen molar-refractivity contribution in [1.82, 2.24) is 0 Å². The molecule has 2 atom stereocenters. The average molecular weight is 745 g/mol. The molecule has 0 spiro atoms. The molecule has 8 rings (SSSR count). The zero-order chi connectivity index (χ0) is 39.2. The third kappa shape index (κ3) is 6.79. The van der Waals surface area contributed by atoms with Gasteiger partial charge in [0.2, 0.25) is 0 Å². The fourth-order valence-corrected chi connectivity index (χ4v) is 16.2. The normalized spacial score (nSPS) is 19.2. The third-order valence-electron chi connectivity index (χ3n) is 13.8. The molecule has 0 aromatic heterocycles. The molecule has 55 heavy (non-hydrogen) atoms. The molecule has 4 aromatic rings. The SMILES string of the molecule is CC(C)CC1=Cc2c(cc3c(c2-c2ccc(C(C)(C)C)cc2)CCC3)C1[Si](C)(C)C1C(CC(C)C)=Cc2c1cc1c(c2-c2ccc(C(C)(C)C)cc2)CCC1. The van der Waals surface area contributed by atoms with E-state index in [1.165, 1.54) is 73.6 Å². The lowest BCUT2D eigenvalue weighted by atomic mass is 9.84. The fourth-order valence-electron chi connectivity index (χ4n) is 11.4. The summed E-state index contributed by atoms with van der Waals surface area (Å²) in [6.07, 6.45) is 15.2. The second kappa shape index (κ2) is 13.9. The van der Waals surface area contributed by atoms with E-state index in [0.29, 0.717) is 22.9 Å². The quantitative estimate of drug-likeness (QED) is 0.158. The van der Waals surface area contributed by atoms with E-state index in [2.05, 4.69) is 155 Å². The van der Waals surface area contributed by atoms with Gasteiger partial charge in [-0.2, -0.15) is 0 Å². The van der Waals surface area contributed by atoms with Crippen molar-refractivity contribution in [3.8, 4) is 22.3 Å². The predicted octanol–water partition coefficient (Wildman–Crippen LogP) is 15.1. The number of hydrogen-bond acceptors (Lipinski definition) is 0. The molecule has 288 valence electrons. The van der Waals surface area contributed by atoms with Gasteiger partial charge in [0.1, 0.15) is 0 Å². The Labute approximate surface area is 336 Å². The summed E-state index contributed by atoms with van der Waals surface area (Å²) in [6, 6.07) is 24.9. The number of benzene rings is 4. The van der Waals surface area contributed by atoms with Gasteiger partial charge in [-0.1, -0.05) is 166 Å². The summed E-state index contributed by atoms with van der Waals surface area (Å²) in [7, 11) is -2.12. The van der Waals surface area contributed by atoms with E-state index in [0.717, 1.165) is 0 Å². The topological polar surface area (TPSA) is 0 Å². The summed E-state index contributed by atoms with van der Waals surface area (Å²) in [6.45, 7) is 29.4. The van der Waals surface area contributed by atoms with Gasteiger partial charge in [0.25, 0.3) is 0 Å². The smallest absolute Gasteiger partial charge is 0.0679 e. The van der Waals surface area contributed by atoms with Crippen molar-refractivity contribution in [3.05, 3.63) is 127 Å². The van der Waals surface area contributed by atoms with Crippen LogP contribution < -0.4 is 0 Å². The Hall–Kier alpha value is -3.42. The lowest BCUT2D eigenvalue weighted by Gasteiger charge is -2.41. The van der Waals surface area contributed by atoms with E-state index in [1.54, 1.807) is 66.8 Å². The van der Waals surface area contributed by atoms with Gasteiger partial charge in [-0.05, 0) is 152 Å². The van der Waals surface area contributed by atoms with Gasteiger partial charge >= 0.3 is 0 Å². The number of aryl methyl sites for hydroxylation is 2. The molecule has 0 amide bonds. The Morgan fingerprint density at radius 2 is 0.909 bits per heavy atom. The molecule has 0 nitrogen and oxygen atoms in total. The molecular weight excluding hydrogens is 677 g/mol. The number of rotatable bonds is 8. The van der Waals surface area contributed by atoms with Crippen molar-refractivity contribution in [2.45, 2.75) is 156 Å². The highest BCUT2D eigenvalue weighted by Crippen LogP contribution is 2.58. The Morgan fingerprint density at radius 3 is 1.24 bits per heavy atom. The van der Waals surface area contributed by atoms with Crippen molar-refractivity contribution in [1.29, 1.82) is 0 Å². The summed E-state index contributed by atoms with van der Waals surface area (Å²) in [5, 5.41) is 0. The second-order valence-electron chi connectivity index (χ2n) is 21.5. The van der Waals surface area contributed by atoms with Gasteiger partial charge in [0.05, 0.1) is 8.07 Å². The average Bonchev–Trinajstić information content (AvgIpc) is 3.90. The van der Waals surface area contributed by atoms with Gasteiger partial charge in [0.15, 0.2) is 0 Å². The van der Waals surface area contributed by atoms with Gasteiger partial charge < -0.3 is 0 Å². The largest absolute Gasteiger partial charge is 0.0722 e. The zero-order valence-corrected chi connectivity index (χ0v) is 37.4. The first kappa shape index (κ1) is 38.5.